The van der Waals surface area contributed by atoms with Gasteiger partial charge in [0.05, 0.1) is 6.61 Å². The molecule has 0 spiro atoms. The number of anilines is 1. The van der Waals surface area contributed by atoms with Crippen molar-refractivity contribution in [1.82, 2.24) is 4.90 Å². The first-order chi connectivity index (χ1) is 9.56. The predicted octanol–water partition coefficient (Wildman–Crippen LogP) is 1.53. The first-order valence-corrected chi connectivity index (χ1v) is 6.62. The van der Waals surface area contributed by atoms with Crippen LogP contribution < -0.4 is 4.90 Å². The van der Waals surface area contributed by atoms with E-state index in [1.807, 2.05) is 30.3 Å². The van der Waals surface area contributed by atoms with Gasteiger partial charge in [0.1, 0.15) is 0 Å². The Labute approximate surface area is 120 Å². The highest BCUT2D eigenvalue weighted by Crippen LogP contribution is 2.12. The Balaban J connectivity index is 2.50. The Hall–Kier alpha value is -1.88. The molecule has 5 nitrogen and oxygen atoms in total. The Morgan fingerprint density at radius 3 is 2.35 bits per heavy atom. The van der Waals surface area contributed by atoms with Crippen LogP contribution in [0.1, 0.15) is 13.3 Å². The first kappa shape index (κ1) is 16.2. The number of nitrogens with zero attached hydrogens (tertiary/aromatic N) is 2. The number of carbonyl (C=O) groups excluding carboxylic acids is 2. The molecule has 0 radical (unpaired) electrons. The van der Waals surface area contributed by atoms with Gasteiger partial charge in [-0.25, -0.2) is 0 Å². The van der Waals surface area contributed by atoms with Crippen LogP contribution in [0.3, 0.4) is 0 Å². The van der Waals surface area contributed by atoms with Crippen LogP contribution in [-0.2, 0) is 14.3 Å². The minimum absolute atomic E-state index is 0.0140. The second-order valence-electron chi connectivity index (χ2n) is 4.54. The van der Waals surface area contributed by atoms with E-state index >= 15 is 0 Å². The number of rotatable bonds is 7. The molecule has 0 aliphatic rings. The number of methoxy groups -OCH3 is 1. The maximum Gasteiger partial charge on any atom is 0.228 e. The highest BCUT2D eigenvalue weighted by atomic mass is 16.5. The van der Waals surface area contributed by atoms with Crippen molar-refractivity contribution in [2.45, 2.75) is 13.3 Å². The maximum atomic E-state index is 12.1. The smallest absolute Gasteiger partial charge is 0.228 e. The summed E-state index contributed by atoms with van der Waals surface area (Å²) in [6.45, 7) is 2.90. The summed E-state index contributed by atoms with van der Waals surface area (Å²) in [5.74, 6) is -0.0583. The molecular weight excluding hydrogens is 256 g/mol. The molecule has 1 rings (SSSR count). The van der Waals surface area contributed by atoms with Crippen LogP contribution in [-0.4, -0.2) is 50.6 Å². The van der Waals surface area contributed by atoms with Gasteiger partial charge >= 0.3 is 0 Å². The summed E-state index contributed by atoms with van der Waals surface area (Å²) < 4.78 is 4.96. The molecule has 110 valence electrons. The summed E-state index contributed by atoms with van der Waals surface area (Å²) in [4.78, 5) is 26.8. The maximum absolute atomic E-state index is 12.1. The summed E-state index contributed by atoms with van der Waals surface area (Å²) in [5, 5.41) is 0. The van der Waals surface area contributed by atoms with E-state index in [1.165, 1.54) is 6.92 Å². The molecule has 2 amide bonds. The van der Waals surface area contributed by atoms with Gasteiger partial charge in [-0.3, -0.25) is 9.59 Å². The Kier molecular flexibility index (Phi) is 6.73. The standard InChI is InChI=1S/C15H22N2O3/c1-13(18)17(11-12-20-3)10-9-15(19)16(2)14-7-5-4-6-8-14/h4-8H,9-12H2,1-3H3. The largest absolute Gasteiger partial charge is 0.383 e. The van der Waals surface area contributed by atoms with Crippen LogP contribution in [0.15, 0.2) is 30.3 Å². The van der Waals surface area contributed by atoms with Crippen molar-refractivity contribution in [2.24, 2.45) is 0 Å². The van der Waals surface area contributed by atoms with Crippen LogP contribution in [0.4, 0.5) is 5.69 Å². The fourth-order valence-corrected chi connectivity index (χ4v) is 1.82. The molecule has 0 unspecified atom stereocenters. The second-order valence-corrected chi connectivity index (χ2v) is 4.54. The summed E-state index contributed by atoms with van der Waals surface area (Å²) in [7, 11) is 3.33. The summed E-state index contributed by atoms with van der Waals surface area (Å²) in [6.07, 6.45) is 0.300. The van der Waals surface area contributed by atoms with Gasteiger partial charge in [0.25, 0.3) is 0 Å². The molecule has 0 N–H and O–H groups in total. The van der Waals surface area contributed by atoms with Crippen molar-refractivity contribution in [3.05, 3.63) is 30.3 Å². The molecule has 0 saturated carbocycles. The molecule has 0 atom stereocenters. The van der Waals surface area contributed by atoms with Gasteiger partial charge in [0, 0.05) is 46.3 Å². The molecule has 0 aliphatic carbocycles. The molecule has 1 aromatic carbocycles. The lowest BCUT2D eigenvalue weighted by Gasteiger charge is -2.22. The molecule has 1 aromatic rings. The van der Waals surface area contributed by atoms with Crippen molar-refractivity contribution in [2.75, 3.05) is 38.8 Å². The minimum Gasteiger partial charge on any atom is -0.383 e. The quantitative estimate of drug-likeness (QED) is 0.760. The molecule has 0 saturated heterocycles. The van der Waals surface area contributed by atoms with Crippen LogP contribution in [0.5, 0.6) is 0 Å². The third-order valence-electron chi connectivity index (χ3n) is 3.12. The zero-order valence-corrected chi connectivity index (χ0v) is 12.3. The highest BCUT2D eigenvalue weighted by molar-refractivity contribution is 5.93. The van der Waals surface area contributed by atoms with Crippen molar-refractivity contribution >= 4 is 17.5 Å². The molecule has 0 heterocycles. The van der Waals surface area contributed by atoms with E-state index in [-0.39, 0.29) is 11.8 Å². The lowest BCUT2D eigenvalue weighted by Crippen LogP contribution is -2.36. The van der Waals surface area contributed by atoms with E-state index in [1.54, 1.807) is 24.0 Å². The molecule has 0 bridgehead atoms. The number of benzene rings is 1. The average Bonchev–Trinajstić information content (AvgIpc) is 2.46. The number of para-hydroxylation sites is 1. The molecule has 5 heteroatoms. The van der Waals surface area contributed by atoms with E-state index in [0.717, 1.165) is 5.69 Å². The van der Waals surface area contributed by atoms with Gasteiger partial charge in [0.15, 0.2) is 0 Å². The van der Waals surface area contributed by atoms with E-state index in [0.29, 0.717) is 26.1 Å². The third-order valence-corrected chi connectivity index (χ3v) is 3.12. The molecule has 0 aromatic heterocycles. The van der Waals surface area contributed by atoms with Crippen molar-refractivity contribution in [3.63, 3.8) is 0 Å². The Bertz CT molecular complexity index is 434. The van der Waals surface area contributed by atoms with Gasteiger partial charge in [0.2, 0.25) is 11.8 Å². The normalized spacial score (nSPS) is 10.2. The van der Waals surface area contributed by atoms with Crippen LogP contribution in [0.2, 0.25) is 0 Å². The summed E-state index contributed by atoms with van der Waals surface area (Å²) >= 11 is 0. The second kappa shape index (κ2) is 8.32. The molecule has 0 fully saturated rings. The number of ether oxygens (including phenoxy) is 1. The number of carbonyl (C=O) groups is 2. The van der Waals surface area contributed by atoms with E-state index in [9.17, 15) is 9.59 Å². The Morgan fingerprint density at radius 2 is 1.80 bits per heavy atom. The fourth-order valence-electron chi connectivity index (χ4n) is 1.82. The van der Waals surface area contributed by atoms with Gasteiger partial charge in [-0.05, 0) is 12.1 Å². The van der Waals surface area contributed by atoms with E-state index in [2.05, 4.69) is 0 Å². The van der Waals surface area contributed by atoms with Crippen LogP contribution in [0.25, 0.3) is 0 Å². The minimum atomic E-state index is -0.0442. The van der Waals surface area contributed by atoms with Gasteiger partial charge < -0.3 is 14.5 Å². The summed E-state index contributed by atoms with van der Waals surface area (Å²) in [6, 6.07) is 9.44. The zero-order chi connectivity index (χ0) is 15.0. The van der Waals surface area contributed by atoms with Gasteiger partial charge in [-0.1, -0.05) is 18.2 Å². The van der Waals surface area contributed by atoms with Crippen LogP contribution in [0, 0.1) is 0 Å². The topological polar surface area (TPSA) is 49.9 Å². The van der Waals surface area contributed by atoms with Gasteiger partial charge in [-0.15, -0.1) is 0 Å². The van der Waals surface area contributed by atoms with Crippen molar-refractivity contribution < 1.29 is 14.3 Å². The number of hydrogen-bond acceptors (Lipinski definition) is 3. The SMILES string of the molecule is COCCN(CCC(=O)N(C)c1ccccc1)C(C)=O. The Morgan fingerprint density at radius 1 is 1.15 bits per heavy atom. The predicted molar refractivity (Wildman–Crippen MR) is 78.6 cm³/mol. The lowest BCUT2D eigenvalue weighted by molar-refractivity contribution is -0.130. The summed E-state index contributed by atoms with van der Waals surface area (Å²) in [5.41, 5.74) is 0.851. The zero-order valence-electron chi connectivity index (χ0n) is 12.3. The average molecular weight is 278 g/mol. The highest BCUT2D eigenvalue weighted by Gasteiger charge is 2.14. The first-order valence-electron chi connectivity index (χ1n) is 6.62. The van der Waals surface area contributed by atoms with Crippen molar-refractivity contribution in [1.29, 1.82) is 0 Å². The fraction of sp³-hybridized carbons (Fsp3) is 0.467. The molecular formula is C15H22N2O3. The number of amides is 2. The monoisotopic (exact) mass is 278 g/mol. The van der Waals surface area contributed by atoms with Gasteiger partial charge in [-0.2, -0.15) is 0 Å². The lowest BCUT2D eigenvalue weighted by atomic mass is 10.2. The molecule has 20 heavy (non-hydrogen) atoms. The number of hydrogen-bond donors (Lipinski definition) is 0. The molecule has 0 aliphatic heterocycles. The van der Waals surface area contributed by atoms with E-state index < -0.39 is 0 Å². The van der Waals surface area contributed by atoms with E-state index in [4.69, 9.17) is 4.74 Å². The third kappa shape index (κ3) is 5.01. The van der Waals surface area contributed by atoms with Crippen LogP contribution >= 0.6 is 0 Å². The van der Waals surface area contributed by atoms with Crippen molar-refractivity contribution in [3.8, 4) is 0 Å².